The SMILES string of the molecule is CCOC(=O)c1nn(-c2ccc(N)cc2Cl)c(/C(C)=C/c2ccc(Cl)cc2)c1C. The quantitative estimate of drug-likeness (QED) is 0.410. The summed E-state index contributed by atoms with van der Waals surface area (Å²) >= 11 is 12.4. The third-order valence-corrected chi connectivity index (χ3v) is 4.97. The molecule has 0 fully saturated rings. The van der Waals surface area contributed by atoms with Gasteiger partial charge in [0, 0.05) is 16.3 Å². The molecule has 2 N–H and O–H groups in total. The van der Waals surface area contributed by atoms with Crippen molar-refractivity contribution in [3.63, 3.8) is 0 Å². The lowest BCUT2D eigenvalue weighted by Crippen LogP contribution is -2.08. The van der Waals surface area contributed by atoms with Gasteiger partial charge in [-0.05, 0) is 68.3 Å². The van der Waals surface area contributed by atoms with Gasteiger partial charge in [-0.25, -0.2) is 9.48 Å². The number of nitrogens with zero attached hydrogens (tertiary/aromatic N) is 2. The molecule has 3 aromatic rings. The average molecular weight is 430 g/mol. The molecule has 29 heavy (non-hydrogen) atoms. The molecule has 2 aromatic carbocycles. The van der Waals surface area contributed by atoms with Crippen LogP contribution in [0.1, 0.15) is 41.2 Å². The van der Waals surface area contributed by atoms with E-state index in [1.54, 1.807) is 29.8 Å². The Morgan fingerprint density at radius 2 is 1.90 bits per heavy atom. The zero-order chi connectivity index (χ0) is 21.1. The van der Waals surface area contributed by atoms with Crippen molar-refractivity contribution in [2.24, 2.45) is 0 Å². The number of halogens is 2. The predicted octanol–water partition coefficient (Wildman–Crippen LogP) is 5.81. The molecule has 0 amide bonds. The molecule has 0 aliphatic heterocycles. The van der Waals surface area contributed by atoms with Gasteiger partial charge in [0.2, 0.25) is 0 Å². The number of nitrogens with two attached hydrogens (primary N) is 1. The normalized spacial score (nSPS) is 11.6. The van der Waals surface area contributed by atoms with E-state index in [0.29, 0.717) is 27.0 Å². The number of allylic oxidation sites excluding steroid dienone is 1. The molecule has 0 bridgehead atoms. The highest BCUT2D eigenvalue weighted by Crippen LogP contribution is 2.31. The number of ether oxygens (including phenoxy) is 1. The minimum absolute atomic E-state index is 0.249. The van der Waals surface area contributed by atoms with E-state index < -0.39 is 5.97 Å². The number of hydrogen-bond acceptors (Lipinski definition) is 4. The van der Waals surface area contributed by atoms with E-state index in [0.717, 1.165) is 16.8 Å². The summed E-state index contributed by atoms with van der Waals surface area (Å²) in [5.41, 5.74) is 10.6. The van der Waals surface area contributed by atoms with Crippen LogP contribution in [0.25, 0.3) is 17.3 Å². The highest BCUT2D eigenvalue weighted by atomic mass is 35.5. The van der Waals surface area contributed by atoms with Crippen LogP contribution < -0.4 is 5.73 Å². The van der Waals surface area contributed by atoms with Crippen LogP contribution in [-0.4, -0.2) is 22.4 Å². The highest BCUT2D eigenvalue weighted by Gasteiger charge is 2.23. The first-order chi connectivity index (χ1) is 13.8. The van der Waals surface area contributed by atoms with Crippen molar-refractivity contribution >= 4 is 46.5 Å². The number of carbonyl (C=O) groups excluding carboxylic acids is 1. The lowest BCUT2D eigenvalue weighted by atomic mass is 10.0. The monoisotopic (exact) mass is 429 g/mol. The van der Waals surface area contributed by atoms with Gasteiger partial charge >= 0.3 is 5.97 Å². The molecule has 0 atom stereocenters. The molecular weight excluding hydrogens is 409 g/mol. The van der Waals surface area contributed by atoms with Crippen molar-refractivity contribution in [3.8, 4) is 5.69 Å². The van der Waals surface area contributed by atoms with Crippen molar-refractivity contribution in [1.29, 1.82) is 0 Å². The van der Waals surface area contributed by atoms with Crippen LogP contribution in [0.15, 0.2) is 42.5 Å². The maximum Gasteiger partial charge on any atom is 0.359 e. The summed E-state index contributed by atoms with van der Waals surface area (Å²) in [4.78, 5) is 12.4. The van der Waals surface area contributed by atoms with Crippen LogP contribution in [0.5, 0.6) is 0 Å². The van der Waals surface area contributed by atoms with Crippen molar-refractivity contribution in [3.05, 3.63) is 75.0 Å². The number of anilines is 1. The Labute approximate surface area is 179 Å². The second kappa shape index (κ2) is 8.72. The topological polar surface area (TPSA) is 70.1 Å². The fourth-order valence-electron chi connectivity index (χ4n) is 3.10. The van der Waals surface area contributed by atoms with E-state index in [-0.39, 0.29) is 12.3 Å². The summed E-state index contributed by atoms with van der Waals surface area (Å²) < 4.78 is 6.83. The number of aromatic nitrogens is 2. The summed E-state index contributed by atoms with van der Waals surface area (Å²) in [6.45, 7) is 5.82. The first-order valence-corrected chi connectivity index (χ1v) is 9.83. The van der Waals surface area contributed by atoms with Crippen LogP contribution >= 0.6 is 23.2 Å². The number of hydrogen-bond donors (Lipinski definition) is 1. The van der Waals surface area contributed by atoms with Gasteiger partial charge in [0.25, 0.3) is 0 Å². The van der Waals surface area contributed by atoms with Gasteiger partial charge in [-0.3, -0.25) is 0 Å². The molecule has 0 aliphatic rings. The van der Waals surface area contributed by atoms with Crippen molar-refractivity contribution in [1.82, 2.24) is 9.78 Å². The highest BCUT2D eigenvalue weighted by molar-refractivity contribution is 6.32. The van der Waals surface area contributed by atoms with Crippen LogP contribution in [0.2, 0.25) is 10.0 Å². The first kappa shape index (κ1) is 21.0. The molecule has 0 saturated carbocycles. The minimum atomic E-state index is -0.476. The first-order valence-electron chi connectivity index (χ1n) is 9.08. The molecule has 0 radical (unpaired) electrons. The number of carbonyl (C=O) groups is 1. The Bertz CT molecular complexity index is 1090. The van der Waals surface area contributed by atoms with E-state index in [1.165, 1.54) is 0 Å². The smallest absolute Gasteiger partial charge is 0.359 e. The number of nitrogen functional groups attached to an aromatic ring is 1. The summed E-state index contributed by atoms with van der Waals surface area (Å²) in [5.74, 6) is -0.476. The predicted molar refractivity (Wildman–Crippen MR) is 119 cm³/mol. The molecule has 5 nitrogen and oxygen atoms in total. The van der Waals surface area contributed by atoms with Crippen LogP contribution in [0.4, 0.5) is 5.69 Å². The number of rotatable bonds is 5. The van der Waals surface area contributed by atoms with E-state index >= 15 is 0 Å². The van der Waals surface area contributed by atoms with Gasteiger partial charge in [0.15, 0.2) is 5.69 Å². The lowest BCUT2D eigenvalue weighted by Gasteiger charge is -2.11. The van der Waals surface area contributed by atoms with Crippen LogP contribution in [-0.2, 0) is 4.74 Å². The van der Waals surface area contributed by atoms with Gasteiger partial charge in [0.1, 0.15) is 0 Å². The molecular formula is C22H21Cl2N3O2. The molecule has 3 rings (SSSR count). The van der Waals surface area contributed by atoms with E-state index in [2.05, 4.69) is 5.10 Å². The average Bonchev–Trinajstić information content (AvgIpc) is 3.01. The zero-order valence-electron chi connectivity index (χ0n) is 16.4. The molecule has 0 spiro atoms. The summed E-state index contributed by atoms with van der Waals surface area (Å²) in [5, 5.41) is 5.62. The standard InChI is InChI=1S/C22H21Cl2N3O2/c1-4-29-22(28)20-14(3)21(13(2)11-15-5-7-16(23)8-6-15)27(26-20)19-10-9-17(25)12-18(19)24/h5-12H,4,25H2,1-3H3/b13-11+. The van der Waals surface area contributed by atoms with Crippen molar-refractivity contribution < 1.29 is 9.53 Å². The van der Waals surface area contributed by atoms with Crippen LogP contribution in [0, 0.1) is 6.92 Å². The van der Waals surface area contributed by atoms with E-state index in [9.17, 15) is 4.79 Å². The zero-order valence-corrected chi connectivity index (χ0v) is 17.9. The maximum atomic E-state index is 12.4. The summed E-state index contributed by atoms with van der Waals surface area (Å²) in [6, 6.07) is 12.7. The Morgan fingerprint density at radius 1 is 1.21 bits per heavy atom. The number of esters is 1. The Kier molecular flexibility index (Phi) is 6.30. The van der Waals surface area contributed by atoms with Gasteiger partial charge in [-0.1, -0.05) is 35.3 Å². The molecule has 1 heterocycles. The third-order valence-electron chi connectivity index (χ3n) is 4.42. The minimum Gasteiger partial charge on any atom is -0.461 e. The van der Waals surface area contributed by atoms with Crippen LogP contribution in [0.3, 0.4) is 0 Å². The second-order valence-corrected chi connectivity index (χ2v) is 7.39. The molecule has 7 heteroatoms. The van der Waals surface area contributed by atoms with Crippen molar-refractivity contribution in [2.75, 3.05) is 12.3 Å². The van der Waals surface area contributed by atoms with Gasteiger partial charge < -0.3 is 10.5 Å². The number of benzene rings is 2. The largest absolute Gasteiger partial charge is 0.461 e. The Hall–Kier alpha value is -2.76. The second-order valence-electron chi connectivity index (χ2n) is 6.54. The fourth-order valence-corrected chi connectivity index (χ4v) is 3.49. The van der Waals surface area contributed by atoms with Gasteiger partial charge in [0.05, 0.1) is 23.0 Å². The fraction of sp³-hybridized carbons (Fsp3) is 0.182. The van der Waals surface area contributed by atoms with E-state index in [4.69, 9.17) is 33.7 Å². The molecule has 0 aliphatic carbocycles. The van der Waals surface area contributed by atoms with Crippen molar-refractivity contribution in [2.45, 2.75) is 20.8 Å². The van der Waals surface area contributed by atoms with E-state index in [1.807, 2.05) is 44.2 Å². The lowest BCUT2D eigenvalue weighted by molar-refractivity contribution is 0.0518. The van der Waals surface area contributed by atoms with Gasteiger partial charge in [-0.2, -0.15) is 5.10 Å². The molecule has 150 valence electrons. The summed E-state index contributed by atoms with van der Waals surface area (Å²) in [7, 11) is 0. The third kappa shape index (κ3) is 4.47. The maximum absolute atomic E-state index is 12.4. The van der Waals surface area contributed by atoms with Gasteiger partial charge in [-0.15, -0.1) is 0 Å². The molecule has 0 unspecified atom stereocenters. The Balaban J connectivity index is 2.20. The molecule has 1 aromatic heterocycles. The Morgan fingerprint density at radius 3 is 2.52 bits per heavy atom. The molecule has 0 saturated heterocycles. The summed E-state index contributed by atoms with van der Waals surface area (Å²) in [6.07, 6.45) is 2.00.